The quantitative estimate of drug-likeness (QED) is 0.159. The molecule has 0 N–H and O–H groups in total. The molecule has 2 aliphatic heterocycles. The number of pyridine rings is 1. The molecule has 3 heterocycles. The van der Waals surface area contributed by atoms with E-state index in [1.807, 2.05) is 6.20 Å². The van der Waals surface area contributed by atoms with Crippen LogP contribution < -0.4 is 9.64 Å². The first-order valence-electron chi connectivity index (χ1n) is 20.5. The van der Waals surface area contributed by atoms with Crippen LogP contribution in [0.4, 0.5) is 17.2 Å². The number of aliphatic imine (C=N–C) groups is 1. The average Bonchev–Trinajstić information content (AvgIpc) is 3.56. The average molecular weight is 939 g/mol. The van der Waals surface area contributed by atoms with Crippen LogP contribution in [-0.4, -0.2) is 23.0 Å². The summed E-state index contributed by atoms with van der Waals surface area (Å²) >= 11 is 0. The molecule has 0 spiro atoms. The summed E-state index contributed by atoms with van der Waals surface area (Å²) in [5, 5.41) is 0. The fourth-order valence-corrected chi connectivity index (χ4v) is 9.42. The predicted molar refractivity (Wildman–Crippen MR) is 231 cm³/mol. The van der Waals surface area contributed by atoms with Gasteiger partial charge in [0.2, 0.25) is 0 Å². The second-order valence-electron chi connectivity index (χ2n) is 18.6. The van der Waals surface area contributed by atoms with E-state index in [1.165, 1.54) is 76.6 Å². The number of aromatic nitrogens is 1. The van der Waals surface area contributed by atoms with Crippen molar-refractivity contribution in [3.05, 3.63) is 129 Å². The minimum absolute atomic E-state index is 0. The second-order valence-corrected chi connectivity index (χ2v) is 18.6. The minimum atomic E-state index is -0.280. The molecule has 298 valence electrons. The van der Waals surface area contributed by atoms with Gasteiger partial charge in [-0.2, -0.15) is 6.07 Å². The molecule has 3 aliphatic rings. The van der Waals surface area contributed by atoms with Crippen LogP contribution >= 0.6 is 0 Å². The summed E-state index contributed by atoms with van der Waals surface area (Å²) in [5.74, 6) is 3.32. The SMILES string of the molecule is Cc1cc(C)c(-c2cc(Oc3[c-]c4c(cc3C)C(C)(C)c3cc(C)ccc3N4c3cc(C(C)(C)C)ccn3)[c-]c(C3=N[C@](C)(C4CCCCC4)CO3)c2)c(C)c1.[Pt+2]. The van der Waals surface area contributed by atoms with E-state index in [-0.39, 0.29) is 37.4 Å². The zero-order valence-electron chi connectivity index (χ0n) is 35.6. The van der Waals surface area contributed by atoms with Crippen LogP contribution in [0, 0.1) is 52.7 Å². The van der Waals surface area contributed by atoms with Gasteiger partial charge in [0.15, 0.2) is 0 Å². The van der Waals surface area contributed by atoms with E-state index in [1.54, 1.807) is 0 Å². The third-order valence-electron chi connectivity index (χ3n) is 12.6. The molecule has 4 aromatic carbocycles. The number of hydrogen-bond donors (Lipinski definition) is 0. The number of fused-ring (bicyclic) bond motifs is 2. The largest absolute Gasteiger partial charge is 2.00 e. The van der Waals surface area contributed by atoms with Crippen LogP contribution in [0.5, 0.6) is 11.5 Å². The van der Waals surface area contributed by atoms with Gasteiger partial charge in [0, 0.05) is 23.4 Å². The minimum Gasteiger partial charge on any atom is -0.518 e. The van der Waals surface area contributed by atoms with Crippen molar-refractivity contribution in [2.24, 2.45) is 10.9 Å². The van der Waals surface area contributed by atoms with E-state index in [0.717, 1.165) is 33.9 Å². The van der Waals surface area contributed by atoms with E-state index < -0.39 is 0 Å². The van der Waals surface area contributed by atoms with Gasteiger partial charge in [-0.1, -0.05) is 125 Å². The Morgan fingerprint density at radius 3 is 2.21 bits per heavy atom. The smallest absolute Gasteiger partial charge is 0.518 e. The van der Waals surface area contributed by atoms with E-state index in [4.69, 9.17) is 19.5 Å². The molecule has 1 atom stereocenters. The summed E-state index contributed by atoms with van der Waals surface area (Å²) in [6.07, 6.45) is 8.20. The Balaban J connectivity index is 0.00000496. The van der Waals surface area contributed by atoms with E-state index in [0.29, 0.717) is 29.9 Å². The summed E-state index contributed by atoms with van der Waals surface area (Å²) in [6.45, 7) is 25.1. The van der Waals surface area contributed by atoms with Gasteiger partial charge in [0.1, 0.15) is 18.3 Å². The second kappa shape index (κ2) is 15.2. The molecule has 0 bridgehead atoms. The fraction of sp³-hybridized carbons (Fsp3) is 0.412. The zero-order chi connectivity index (χ0) is 39.7. The normalized spacial score (nSPS) is 18.9. The van der Waals surface area contributed by atoms with Crippen LogP contribution in [0.25, 0.3) is 11.1 Å². The molecular weight excluding hydrogens is 882 g/mol. The van der Waals surface area contributed by atoms with Crippen LogP contribution in [-0.2, 0) is 36.6 Å². The first-order valence-corrected chi connectivity index (χ1v) is 20.5. The standard InChI is InChI=1S/C51H57N3O2.Pt/c1-31-17-18-43-41(23-31)50(9,10)42-24-33(3)45(29-44(42)54(43)46-28-39(19-20-52-46)49(6,7)8)56-40-26-36(47-34(4)21-32(2)22-35(47)5)25-37(27-40)48-53-51(11,30-55-48)38-15-13-12-14-16-38;/h17-26,28,38H,12-16,30H2,1-11H3;/q-2;+2/t51-;/m0./s1. The van der Waals surface area contributed by atoms with E-state index in [2.05, 4.69) is 154 Å². The Morgan fingerprint density at radius 2 is 1.51 bits per heavy atom. The number of aryl methyl sites for hydroxylation is 5. The maximum atomic E-state index is 6.98. The van der Waals surface area contributed by atoms with Crippen LogP contribution in [0.1, 0.15) is 124 Å². The summed E-state index contributed by atoms with van der Waals surface area (Å²) < 4.78 is 13.5. The van der Waals surface area contributed by atoms with Crippen LogP contribution in [0.2, 0.25) is 0 Å². The molecule has 1 aromatic heterocycles. The molecule has 0 unspecified atom stereocenters. The first-order chi connectivity index (χ1) is 26.5. The van der Waals surface area contributed by atoms with Crippen molar-refractivity contribution in [3.63, 3.8) is 0 Å². The molecular formula is C51H57N3O2Pt. The van der Waals surface area contributed by atoms with Crippen LogP contribution in [0.15, 0.2) is 71.9 Å². The van der Waals surface area contributed by atoms with Crippen molar-refractivity contribution < 1.29 is 30.5 Å². The molecule has 1 fully saturated rings. The topological polar surface area (TPSA) is 47.0 Å². The van der Waals surface area contributed by atoms with E-state index in [9.17, 15) is 0 Å². The Kier molecular flexibility index (Phi) is 10.9. The molecule has 0 radical (unpaired) electrons. The molecule has 0 amide bonds. The number of hydrogen-bond acceptors (Lipinski definition) is 5. The fourth-order valence-electron chi connectivity index (χ4n) is 9.42. The molecule has 5 aromatic rings. The first kappa shape index (κ1) is 41.0. The molecule has 1 saturated carbocycles. The summed E-state index contributed by atoms with van der Waals surface area (Å²) in [4.78, 5) is 12.6. The van der Waals surface area contributed by atoms with Gasteiger partial charge in [0.25, 0.3) is 0 Å². The molecule has 5 nitrogen and oxygen atoms in total. The number of nitrogens with zero attached hydrogens (tertiary/aromatic N) is 3. The van der Waals surface area contributed by atoms with Gasteiger partial charge in [-0.25, -0.2) is 4.98 Å². The van der Waals surface area contributed by atoms with Crippen molar-refractivity contribution in [2.45, 2.75) is 125 Å². The van der Waals surface area contributed by atoms with Crippen molar-refractivity contribution in [1.82, 2.24) is 4.98 Å². The van der Waals surface area contributed by atoms with Gasteiger partial charge in [-0.05, 0) is 110 Å². The predicted octanol–water partition coefficient (Wildman–Crippen LogP) is 13.2. The molecule has 57 heavy (non-hydrogen) atoms. The zero-order valence-corrected chi connectivity index (χ0v) is 37.9. The van der Waals surface area contributed by atoms with Crippen molar-refractivity contribution in [1.29, 1.82) is 0 Å². The number of rotatable bonds is 6. The third kappa shape index (κ3) is 7.62. The maximum absolute atomic E-state index is 6.98. The van der Waals surface area contributed by atoms with Gasteiger partial charge in [-0.15, -0.1) is 23.3 Å². The van der Waals surface area contributed by atoms with Gasteiger partial charge < -0.3 is 14.4 Å². The maximum Gasteiger partial charge on any atom is 2.00 e. The Hall–Kier alpha value is -4.21. The van der Waals surface area contributed by atoms with Gasteiger partial charge >= 0.3 is 21.1 Å². The molecule has 8 rings (SSSR count). The number of benzene rings is 4. The third-order valence-corrected chi connectivity index (χ3v) is 12.6. The van der Waals surface area contributed by atoms with Gasteiger partial charge in [-0.3, -0.25) is 4.99 Å². The monoisotopic (exact) mass is 938 g/mol. The van der Waals surface area contributed by atoms with Crippen molar-refractivity contribution in [3.8, 4) is 22.6 Å². The van der Waals surface area contributed by atoms with Gasteiger partial charge in [0.05, 0.1) is 5.54 Å². The Morgan fingerprint density at radius 1 is 0.789 bits per heavy atom. The van der Waals surface area contributed by atoms with Crippen molar-refractivity contribution >= 4 is 23.1 Å². The van der Waals surface area contributed by atoms with Crippen LogP contribution in [0.3, 0.4) is 0 Å². The summed E-state index contributed by atoms with van der Waals surface area (Å²) in [6, 6.07) is 29.6. The number of ether oxygens (including phenoxy) is 2. The Labute approximate surface area is 355 Å². The molecule has 1 aliphatic carbocycles. The number of anilines is 3. The summed E-state index contributed by atoms with van der Waals surface area (Å²) in [5.41, 5.74) is 14.2. The van der Waals surface area contributed by atoms with E-state index >= 15 is 0 Å². The van der Waals surface area contributed by atoms with Crippen molar-refractivity contribution in [2.75, 3.05) is 11.5 Å². The Bertz CT molecular complexity index is 2360. The molecule has 6 heteroatoms. The summed E-state index contributed by atoms with van der Waals surface area (Å²) in [7, 11) is 0. The molecule has 0 saturated heterocycles.